The molecule has 2 aliphatic heterocycles. The first-order chi connectivity index (χ1) is 8.25. The van der Waals surface area contributed by atoms with Crippen molar-refractivity contribution in [2.75, 3.05) is 19.7 Å². The summed E-state index contributed by atoms with van der Waals surface area (Å²) in [6, 6.07) is 6.31. The Bertz CT molecular complexity index is 411. The number of piperidine rings is 1. The molecule has 0 saturated carbocycles. The second-order valence-corrected chi connectivity index (χ2v) is 5.22. The first-order valence-corrected chi connectivity index (χ1v) is 6.43. The zero-order valence-electron chi connectivity index (χ0n) is 10.0. The number of nitrogens with one attached hydrogen (secondary N) is 1. The number of ether oxygens (including phenoxy) is 1. The molecule has 1 aromatic rings. The van der Waals surface area contributed by atoms with Crippen LogP contribution in [0.15, 0.2) is 18.2 Å². The van der Waals surface area contributed by atoms with Gasteiger partial charge in [0, 0.05) is 19.4 Å². The third-order valence-electron chi connectivity index (χ3n) is 3.74. The van der Waals surface area contributed by atoms with E-state index in [-0.39, 0.29) is 0 Å². The Morgan fingerprint density at radius 2 is 2.35 bits per heavy atom. The van der Waals surface area contributed by atoms with Gasteiger partial charge in [-0.25, -0.2) is 0 Å². The summed E-state index contributed by atoms with van der Waals surface area (Å²) in [7, 11) is 0. The second kappa shape index (κ2) is 4.31. The molecule has 3 heteroatoms. The molecule has 0 spiro atoms. The molecule has 3 nitrogen and oxygen atoms in total. The van der Waals surface area contributed by atoms with Crippen LogP contribution in [0.3, 0.4) is 0 Å². The predicted octanol–water partition coefficient (Wildman–Crippen LogP) is 1.28. The molecule has 1 fully saturated rings. The summed E-state index contributed by atoms with van der Waals surface area (Å²) in [5.74, 6) is 1.02. The van der Waals surface area contributed by atoms with Crippen LogP contribution < -0.4 is 10.1 Å². The average molecular weight is 233 g/mol. The average Bonchev–Trinajstić information content (AvgIpc) is 2.76. The van der Waals surface area contributed by atoms with Gasteiger partial charge in [0.15, 0.2) is 0 Å². The highest BCUT2D eigenvalue weighted by molar-refractivity contribution is 5.40. The third kappa shape index (κ3) is 2.31. The molecule has 0 radical (unpaired) electrons. The van der Waals surface area contributed by atoms with E-state index in [0.29, 0.717) is 6.54 Å². The summed E-state index contributed by atoms with van der Waals surface area (Å²) in [6.45, 7) is 2.53. The second-order valence-electron chi connectivity index (χ2n) is 5.22. The van der Waals surface area contributed by atoms with Crippen LogP contribution in [0.25, 0.3) is 0 Å². The fourth-order valence-electron chi connectivity index (χ4n) is 2.83. The van der Waals surface area contributed by atoms with Crippen molar-refractivity contribution in [2.24, 2.45) is 0 Å². The van der Waals surface area contributed by atoms with Crippen molar-refractivity contribution in [1.82, 2.24) is 5.32 Å². The van der Waals surface area contributed by atoms with Crippen molar-refractivity contribution in [2.45, 2.75) is 31.3 Å². The molecule has 0 aromatic heterocycles. The Morgan fingerprint density at radius 1 is 1.41 bits per heavy atom. The van der Waals surface area contributed by atoms with Crippen LogP contribution in [-0.2, 0) is 12.8 Å². The molecule has 3 rings (SSSR count). The standard InChI is InChI=1S/C14H19NO2/c16-14(5-1-6-15-10-14)9-11-2-3-13-12(8-11)4-7-17-13/h2-3,8,15-16H,1,4-7,9-10H2. The van der Waals surface area contributed by atoms with Crippen LogP contribution in [-0.4, -0.2) is 30.4 Å². The van der Waals surface area contributed by atoms with Crippen molar-refractivity contribution in [3.8, 4) is 5.75 Å². The van der Waals surface area contributed by atoms with Crippen LogP contribution in [0.4, 0.5) is 0 Å². The van der Waals surface area contributed by atoms with Gasteiger partial charge in [0.25, 0.3) is 0 Å². The van der Waals surface area contributed by atoms with E-state index in [0.717, 1.165) is 44.6 Å². The highest BCUT2D eigenvalue weighted by atomic mass is 16.5. The molecule has 1 aromatic carbocycles. The molecule has 92 valence electrons. The molecule has 1 unspecified atom stereocenters. The van der Waals surface area contributed by atoms with E-state index in [9.17, 15) is 5.11 Å². The summed E-state index contributed by atoms with van der Waals surface area (Å²) < 4.78 is 5.49. The Morgan fingerprint density at radius 3 is 3.18 bits per heavy atom. The highest BCUT2D eigenvalue weighted by Gasteiger charge is 2.29. The Labute approximate surface area is 102 Å². The van der Waals surface area contributed by atoms with Crippen LogP contribution in [0.2, 0.25) is 0 Å². The largest absolute Gasteiger partial charge is 0.493 e. The smallest absolute Gasteiger partial charge is 0.122 e. The van der Waals surface area contributed by atoms with E-state index in [4.69, 9.17) is 4.74 Å². The third-order valence-corrected chi connectivity index (χ3v) is 3.74. The van der Waals surface area contributed by atoms with Crippen LogP contribution in [0.5, 0.6) is 5.75 Å². The summed E-state index contributed by atoms with van der Waals surface area (Å²) in [5, 5.41) is 13.8. The number of benzene rings is 1. The minimum atomic E-state index is -0.564. The monoisotopic (exact) mass is 233 g/mol. The van der Waals surface area contributed by atoms with E-state index in [2.05, 4.69) is 17.4 Å². The minimum absolute atomic E-state index is 0.564. The maximum atomic E-state index is 10.5. The van der Waals surface area contributed by atoms with E-state index >= 15 is 0 Å². The van der Waals surface area contributed by atoms with E-state index in [1.54, 1.807) is 0 Å². The molecule has 0 amide bonds. The lowest BCUT2D eigenvalue weighted by molar-refractivity contribution is 0.0169. The van der Waals surface area contributed by atoms with Crippen LogP contribution >= 0.6 is 0 Å². The summed E-state index contributed by atoms with van der Waals surface area (Å²) in [6.07, 6.45) is 3.70. The number of hydrogen-bond donors (Lipinski definition) is 2. The van der Waals surface area contributed by atoms with Crippen molar-refractivity contribution in [3.63, 3.8) is 0 Å². The van der Waals surface area contributed by atoms with Crippen molar-refractivity contribution >= 4 is 0 Å². The normalized spacial score (nSPS) is 27.6. The molecule has 0 aliphatic carbocycles. The van der Waals surface area contributed by atoms with Gasteiger partial charge in [0.2, 0.25) is 0 Å². The topological polar surface area (TPSA) is 41.5 Å². The number of fused-ring (bicyclic) bond motifs is 1. The Balaban J connectivity index is 1.76. The SMILES string of the molecule is OC1(Cc2ccc3c(c2)CCO3)CCCNC1. The Kier molecular flexibility index (Phi) is 2.81. The zero-order valence-corrected chi connectivity index (χ0v) is 10.0. The van der Waals surface area contributed by atoms with Gasteiger partial charge in [0.1, 0.15) is 5.75 Å². The fraction of sp³-hybridized carbons (Fsp3) is 0.571. The van der Waals surface area contributed by atoms with Gasteiger partial charge in [-0.3, -0.25) is 0 Å². The maximum absolute atomic E-state index is 10.5. The van der Waals surface area contributed by atoms with Crippen molar-refractivity contribution in [1.29, 1.82) is 0 Å². The van der Waals surface area contributed by atoms with E-state index in [1.807, 2.05) is 6.07 Å². The lowest BCUT2D eigenvalue weighted by Gasteiger charge is -2.32. The molecule has 1 saturated heterocycles. The van der Waals surface area contributed by atoms with Gasteiger partial charge in [0.05, 0.1) is 12.2 Å². The van der Waals surface area contributed by atoms with Crippen LogP contribution in [0, 0.1) is 0 Å². The van der Waals surface area contributed by atoms with Crippen molar-refractivity contribution in [3.05, 3.63) is 29.3 Å². The molecule has 2 heterocycles. The van der Waals surface area contributed by atoms with Gasteiger partial charge >= 0.3 is 0 Å². The number of β-amino-alcohol motifs (C(OH)–C–C–N with tert-alkyl or cyclic N) is 1. The molecular formula is C14H19NO2. The highest BCUT2D eigenvalue weighted by Crippen LogP contribution is 2.28. The van der Waals surface area contributed by atoms with Gasteiger partial charge in [-0.1, -0.05) is 12.1 Å². The maximum Gasteiger partial charge on any atom is 0.122 e. The predicted molar refractivity (Wildman–Crippen MR) is 66.4 cm³/mol. The lowest BCUT2D eigenvalue weighted by atomic mass is 9.87. The first kappa shape index (κ1) is 11.1. The van der Waals surface area contributed by atoms with Crippen LogP contribution in [0.1, 0.15) is 24.0 Å². The summed E-state index contributed by atoms with van der Waals surface area (Å²) >= 11 is 0. The van der Waals surface area contributed by atoms with Gasteiger partial charge in [-0.05, 0) is 36.6 Å². The first-order valence-electron chi connectivity index (χ1n) is 6.43. The molecule has 2 aliphatic rings. The van der Waals surface area contributed by atoms with Gasteiger partial charge in [-0.2, -0.15) is 0 Å². The molecule has 1 atom stereocenters. The molecule has 17 heavy (non-hydrogen) atoms. The number of rotatable bonds is 2. The molecule has 2 N–H and O–H groups in total. The molecular weight excluding hydrogens is 214 g/mol. The number of aliphatic hydroxyl groups is 1. The van der Waals surface area contributed by atoms with Gasteiger partial charge < -0.3 is 15.2 Å². The zero-order chi connectivity index (χ0) is 11.7. The quantitative estimate of drug-likeness (QED) is 0.808. The van der Waals surface area contributed by atoms with Gasteiger partial charge in [-0.15, -0.1) is 0 Å². The summed E-state index contributed by atoms with van der Waals surface area (Å²) in [5.41, 5.74) is 1.95. The van der Waals surface area contributed by atoms with Crippen molar-refractivity contribution < 1.29 is 9.84 Å². The fourth-order valence-corrected chi connectivity index (χ4v) is 2.83. The Hall–Kier alpha value is -1.06. The van der Waals surface area contributed by atoms with E-state index in [1.165, 1.54) is 11.1 Å². The van der Waals surface area contributed by atoms with E-state index < -0.39 is 5.60 Å². The lowest BCUT2D eigenvalue weighted by Crippen LogP contribution is -2.47. The number of hydrogen-bond acceptors (Lipinski definition) is 3. The summed E-state index contributed by atoms with van der Waals surface area (Å²) in [4.78, 5) is 0. The molecule has 0 bridgehead atoms. The minimum Gasteiger partial charge on any atom is -0.493 e.